The van der Waals surface area contributed by atoms with Crippen LogP contribution in [0.3, 0.4) is 0 Å². The molecule has 1 aliphatic heterocycles. The molecule has 0 saturated carbocycles. The summed E-state index contributed by atoms with van der Waals surface area (Å²) in [5.41, 5.74) is 2.15. The number of benzene rings is 3. The van der Waals surface area contributed by atoms with E-state index < -0.39 is 17.4 Å². The number of H-pyrrole nitrogens is 1. The highest BCUT2D eigenvalue weighted by molar-refractivity contribution is 6.12. The van der Waals surface area contributed by atoms with E-state index in [1.54, 1.807) is 37.3 Å². The maximum atomic E-state index is 13.7. The molecule has 5 rings (SSSR count). The number of nitrogens with one attached hydrogen (secondary N) is 2. The molecule has 0 aliphatic carbocycles. The first kappa shape index (κ1) is 24.5. The van der Waals surface area contributed by atoms with Crippen LogP contribution in [0.25, 0.3) is 10.9 Å². The summed E-state index contributed by atoms with van der Waals surface area (Å²) in [6, 6.07) is 22.2. The van der Waals surface area contributed by atoms with Gasteiger partial charge in [-0.3, -0.25) is 14.5 Å². The average molecular weight is 496 g/mol. The first-order valence-electron chi connectivity index (χ1n) is 12.3. The van der Waals surface area contributed by atoms with Crippen LogP contribution in [0.15, 0.2) is 91.1 Å². The van der Waals surface area contributed by atoms with Crippen LogP contribution >= 0.6 is 0 Å². The third kappa shape index (κ3) is 4.43. The van der Waals surface area contributed by atoms with Crippen LogP contribution in [0.5, 0.6) is 0 Å². The molecule has 7 nitrogen and oxygen atoms in total. The van der Waals surface area contributed by atoms with E-state index in [0.717, 1.165) is 16.5 Å². The number of rotatable bonds is 8. The van der Waals surface area contributed by atoms with Crippen molar-refractivity contribution in [2.75, 3.05) is 16.8 Å². The van der Waals surface area contributed by atoms with Crippen LogP contribution in [0.4, 0.5) is 17.1 Å². The lowest BCUT2D eigenvalue weighted by atomic mass is 9.82. The zero-order valence-corrected chi connectivity index (χ0v) is 20.5. The minimum atomic E-state index is -1.84. The largest absolute Gasteiger partial charge is 0.396 e. The zero-order valence-electron chi connectivity index (χ0n) is 20.5. The van der Waals surface area contributed by atoms with Gasteiger partial charge >= 0.3 is 0 Å². The maximum Gasteiger partial charge on any atom is 0.268 e. The number of fused-ring (bicyclic) bond motifs is 2. The van der Waals surface area contributed by atoms with Gasteiger partial charge < -0.3 is 20.5 Å². The molecule has 0 bridgehead atoms. The SMILES string of the molecule is C[C@@H](/C=C/CCO)[C@]1(O)C(=O)N(c2ccccc2)c2ccc(NC(=O)Cc3c[nH]c4ccccc34)cc21. The Morgan fingerprint density at radius 2 is 1.86 bits per heavy atom. The van der Waals surface area contributed by atoms with Crippen LogP contribution in [0.1, 0.15) is 24.5 Å². The van der Waals surface area contributed by atoms with Gasteiger partial charge in [0.2, 0.25) is 5.91 Å². The number of amides is 2. The molecule has 4 N–H and O–H groups in total. The number of anilines is 3. The molecular formula is C30H29N3O4. The summed E-state index contributed by atoms with van der Waals surface area (Å²) in [4.78, 5) is 31.4. The fourth-order valence-electron chi connectivity index (χ4n) is 4.95. The molecule has 0 spiro atoms. The number of carbonyl (C=O) groups excluding carboxylic acids is 2. The molecule has 7 heteroatoms. The van der Waals surface area contributed by atoms with Gasteiger partial charge in [-0.2, -0.15) is 0 Å². The van der Waals surface area contributed by atoms with E-state index in [9.17, 15) is 14.7 Å². The first-order valence-corrected chi connectivity index (χ1v) is 12.3. The predicted octanol–water partition coefficient (Wildman–Crippen LogP) is 4.79. The number of aromatic amines is 1. The number of carbonyl (C=O) groups is 2. The third-order valence-electron chi connectivity index (χ3n) is 6.88. The van der Waals surface area contributed by atoms with Gasteiger partial charge in [-0.05, 0) is 48.4 Å². The van der Waals surface area contributed by atoms with Crippen molar-refractivity contribution >= 4 is 39.8 Å². The molecule has 2 heterocycles. The molecule has 1 aromatic heterocycles. The van der Waals surface area contributed by atoms with Gasteiger partial charge in [0.1, 0.15) is 0 Å². The topological polar surface area (TPSA) is 106 Å². The van der Waals surface area contributed by atoms with Crippen molar-refractivity contribution in [2.45, 2.75) is 25.4 Å². The van der Waals surface area contributed by atoms with Gasteiger partial charge in [0.15, 0.2) is 5.60 Å². The maximum absolute atomic E-state index is 13.7. The minimum Gasteiger partial charge on any atom is -0.396 e. The lowest BCUT2D eigenvalue weighted by molar-refractivity contribution is -0.138. The zero-order chi connectivity index (χ0) is 26.0. The van der Waals surface area contributed by atoms with Crippen LogP contribution in [-0.4, -0.2) is 33.6 Å². The molecule has 0 fully saturated rings. The molecule has 4 aromatic rings. The summed E-state index contributed by atoms with van der Waals surface area (Å²) < 4.78 is 0. The fourth-order valence-corrected chi connectivity index (χ4v) is 4.95. The molecule has 37 heavy (non-hydrogen) atoms. The summed E-state index contributed by atoms with van der Waals surface area (Å²) >= 11 is 0. The Morgan fingerprint density at radius 1 is 1.11 bits per heavy atom. The summed E-state index contributed by atoms with van der Waals surface area (Å²) in [7, 11) is 0. The van der Waals surface area contributed by atoms with Crippen molar-refractivity contribution in [1.82, 2.24) is 4.98 Å². The van der Waals surface area contributed by atoms with E-state index in [4.69, 9.17) is 5.11 Å². The molecule has 0 unspecified atom stereocenters. The highest BCUT2D eigenvalue weighted by Gasteiger charge is 2.53. The van der Waals surface area contributed by atoms with E-state index in [1.807, 2.05) is 60.8 Å². The molecule has 188 valence electrons. The Morgan fingerprint density at radius 3 is 2.65 bits per heavy atom. The molecule has 3 aromatic carbocycles. The Bertz CT molecular complexity index is 1480. The normalized spacial score (nSPS) is 17.9. The van der Waals surface area contributed by atoms with E-state index in [2.05, 4.69) is 10.3 Å². The van der Waals surface area contributed by atoms with Crippen molar-refractivity contribution in [2.24, 2.45) is 5.92 Å². The second-order valence-electron chi connectivity index (χ2n) is 9.29. The van der Waals surface area contributed by atoms with E-state index in [0.29, 0.717) is 29.0 Å². The number of para-hydroxylation sites is 2. The van der Waals surface area contributed by atoms with E-state index in [1.165, 1.54) is 4.90 Å². The summed E-state index contributed by atoms with van der Waals surface area (Å²) in [6.07, 6.45) is 5.94. The third-order valence-corrected chi connectivity index (χ3v) is 6.88. The van der Waals surface area contributed by atoms with Crippen molar-refractivity contribution < 1.29 is 19.8 Å². The molecule has 2 amide bonds. The quantitative estimate of drug-likeness (QED) is 0.264. The van der Waals surface area contributed by atoms with Gasteiger partial charge in [0.05, 0.1) is 12.1 Å². The van der Waals surface area contributed by atoms with Crippen molar-refractivity contribution in [3.8, 4) is 0 Å². The minimum absolute atomic E-state index is 0.0189. The lowest BCUT2D eigenvalue weighted by Crippen LogP contribution is -2.42. The molecule has 0 saturated heterocycles. The Hall–Kier alpha value is -4.20. The highest BCUT2D eigenvalue weighted by Crippen LogP contribution is 2.49. The van der Waals surface area contributed by atoms with Gasteiger partial charge in [0, 0.05) is 46.6 Å². The molecule has 2 atom stereocenters. The number of aromatic nitrogens is 1. The molecule has 0 radical (unpaired) electrons. The Labute approximate surface area is 215 Å². The van der Waals surface area contributed by atoms with Crippen molar-refractivity contribution in [3.63, 3.8) is 0 Å². The van der Waals surface area contributed by atoms with Gasteiger partial charge in [0.25, 0.3) is 5.91 Å². The first-order chi connectivity index (χ1) is 17.9. The van der Waals surface area contributed by atoms with Crippen LogP contribution < -0.4 is 10.2 Å². The van der Waals surface area contributed by atoms with Crippen molar-refractivity contribution in [1.29, 1.82) is 0 Å². The number of hydrogen-bond donors (Lipinski definition) is 4. The number of hydrogen-bond acceptors (Lipinski definition) is 4. The summed E-state index contributed by atoms with van der Waals surface area (Å²) in [5.74, 6) is -1.23. The fraction of sp³-hybridized carbons (Fsp3) is 0.200. The van der Waals surface area contributed by atoms with Gasteiger partial charge in [-0.25, -0.2) is 0 Å². The number of aliphatic hydroxyl groups is 2. The summed E-state index contributed by atoms with van der Waals surface area (Å²) in [6.45, 7) is 1.75. The Balaban J connectivity index is 1.48. The van der Waals surface area contributed by atoms with Gasteiger partial charge in [-0.1, -0.05) is 55.5 Å². The number of nitrogens with zero attached hydrogens (tertiary/aromatic N) is 1. The monoisotopic (exact) mass is 495 g/mol. The number of aliphatic hydroxyl groups excluding tert-OH is 1. The summed E-state index contributed by atoms with van der Waals surface area (Å²) in [5, 5.41) is 24.9. The highest BCUT2D eigenvalue weighted by atomic mass is 16.3. The Kier molecular flexibility index (Phi) is 6.65. The van der Waals surface area contributed by atoms with Crippen LogP contribution in [-0.2, 0) is 21.6 Å². The smallest absolute Gasteiger partial charge is 0.268 e. The van der Waals surface area contributed by atoms with Crippen molar-refractivity contribution in [3.05, 3.63) is 102 Å². The molecule has 1 aliphatic rings. The predicted molar refractivity (Wildman–Crippen MR) is 145 cm³/mol. The average Bonchev–Trinajstić information content (AvgIpc) is 3.41. The van der Waals surface area contributed by atoms with E-state index in [-0.39, 0.29) is 18.9 Å². The lowest BCUT2D eigenvalue weighted by Gasteiger charge is -2.27. The standard InChI is InChI=1S/C30H29N3O4/c1-20(9-7-8-16-34)30(37)25-18-22(14-15-27(25)33(29(30)36)23-10-3-2-4-11-23)32-28(35)17-21-19-31-26-13-6-5-12-24(21)26/h2-7,9-15,18-20,31,34,37H,8,16-17H2,1H3,(H,32,35)/b9-7+/t20-,30+/m0/s1. The second kappa shape index (κ2) is 10.0. The van der Waals surface area contributed by atoms with Gasteiger partial charge in [-0.15, -0.1) is 0 Å². The molecular weight excluding hydrogens is 466 g/mol. The second-order valence-corrected chi connectivity index (χ2v) is 9.29. The van der Waals surface area contributed by atoms with Crippen LogP contribution in [0.2, 0.25) is 0 Å². The van der Waals surface area contributed by atoms with Crippen LogP contribution in [0, 0.1) is 5.92 Å². The van der Waals surface area contributed by atoms with E-state index >= 15 is 0 Å².